The molecule has 0 bridgehead atoms. The SMILES string of the molecule is O=C(c1cc(=O)[nH]c2ccccc12)N1CCN(c2ccc(F)cc2)CC1. The highest BCUT2D eigenvalue weighted by Gasteiger charge is 2.24. The molecular formula is C20H18FN3O2. The Bertz CT molecular complexity index is 1010. The molecule has 4 rings (SSSR count). The average Bonchev–Trinajstić information content (AvgIpc) is 2.67. The van der Waals surface area contributed by atoms with Gasteiger partial charge in [-0.15, -0.1) is 0 Å². The van der Waals surface area contributed by atoms with Gasteiger partial charge in [-0.05, 0) is 30.3 Å². The van der Waals surface area contributed by atoms with Gasteiger partial charge in [0.15, 0.2) is 0 Å². The van der Waals surface area contributed by atoms with Gasteiger partial charge in [0, 0.05) is 48.8 Å². The smallest absolute Gasteiger partial charge is 0.254 e. The fourth-order valence-corrected chi connectivity index (χ4v) is 3.37. The number of fused-ring (bicyclic) bond motifs is 1. The molecule has 0 radical (unpaired) electrons. The fourth-order valence-electron chi connectivity index (χ4n) is 3.37. The molecule has 26 heavy (non-hydrogen) atoms. The average molecular weight is 351 g/mol. The predicted octanol–water partition coefficient (Wildman–Crippen LogP) is 2.63. The highest BCUT2D eigenvalue weighted by atomic mass is 19.1. The van der Waals surface area contributed by atoms with Crippen molar-refractivity contribution in [3.8, 4) is 0 Å². The van der Waals surface area contributed by atoms with Crippen molar-refractivity contribution < 1.29 is 9.18 Å². The van der Waals surface area contributed by atoms with E-state index in [9.17, 15) is 14.0 Å². The molecule has 0 unspecified atom stereocenters. The summed E-state index contributed by atoms with van der Waals surface area (Å²) in [7, 11) is 0. The third-order valence-corrected chi connectivity index (χ3v) is 4.74. The van der Waals surface area contributed by atoms with Crippen molar-refractivity contribution in [1.29, 1.82) is 0 Å². The monoisotopic (exact) mass is 351 g/mol. The number of anilines is 1. The summed E-state index contributed by atoms with van der Waals surface area (Å²) in [6.45, 7) is 2.44. The van der Waals surface area contributed by atoms with Gasteiger partial charge in [0.1, 0.15) is 5.82 Å². The summed E-state index contributed by atoms with van der Waals surface area (Å²) in [6.07, 6.45) is 0. The fraction of sp³-hybridized carbons (Fsp3) is 0.200. The van der Waals surface area contributed by atoms with Crippen LogP contribution in [-0.2, 0) is 0 Å². The van der Waals surface area contributed by atoms with Crippen LogP contribution in [0.25, 0.3) is 10.9 Å². The molecule has 0 saturated carbocycles. The number of carbonyl (C=O) groups excluding carboxylic acids is 1. The molecule has 1 aliphatic rings. The Morgan fingerprint density at radius 2 is 1.65 bits per heavy atom. The molecule has 0 atom stereocenters. The Labute approximate surface area is 149 Å². The van der Waals surface area contributed by atoms with Crippen LogP contribution < -0.4 is 10.5 Å². The molecule has 1 saturated heterocycles. The van der Waals surface area contributed by atoms with Gasteiger partial charge in [-0.1, -0.05) is 18.2 Å². The number of aromatic amines is 1. The molecule has 1 N–H and O–H groups in total. The molecule has 2 aromatic carbocycles. The van der Waals surface area contributed by atoms with Crippen LogP contribution in [0.2, 0.25) is 0 Å². The van der Waals surface area contributed by atoms with Gasteiger partial charge in [0.05, 0.1) is 5.56 Å². The molecule has 3 aromatic rings. The van der Waals surface area contributed by atoms with Crippen LogP contribution in [0.3, 0.4) is 0 Å². The third-order valence-electron chi connectivity index (χ3n) is 4.74. The number of pyridine rings is 1. The zero-order chi connectivity index (χ0) is 18.1. The second-order valence-corrected chi connectivity index (χ2v) is 6.35. The van der Waals surface area contributed by atoms with E-state index in [1.54, 1.807) is 23.1 Å². The Hall–Kier alpha value is -3.15. The molecule has 6 heteroatoms. The number of halogens is 1. The maximum Gasteiger partial charge on any atom is 0.254 e. The van der Waals surface area contributed by atoms with Crippen molar-refractivity contribution in [2.24, 2.45) is 0 Å². The molecule has 5 nitrogen and oxygen atoms in total. The number of benzene rings is 2. The Balaban J connectivity index is 1.54. The van der Waals surface area contributed by atoms with Gasteiger partial charge in [0.2, 0.25) is 5.56 Å². The number of piperazine rings is 1. The number of para-hydroxylation sites is 1. The zero-order valence-corrected chi connectivity index (χ0v) is 14.1. The molecule has 0 spiro atoms. The normalized spacial score (nSPS) is 14.7. The van der Waals surface area contributed by atoms with Crippen LogP contribution in [0.15, 0.2) is 59.4 Å². The Morgan fingerprint density at radius 1 is 0.962 bits per heavy atom. The first-order chi connectivity index (χ1) is 12.6. The largest absolute Gasteiger partial charge is 0.368 e. The molecule has 2 heterocycles. The topological polar surface area (TPSA) is 56.4 Å². The lowest BCUT2D eigenvalue weighted by Crippen LogP contribution is -2.49. The number of carbonyl (C=O) groups is 1. The van der Waals surface area contributed by atoms with Gasteiger partial charge >= 0.3 is 0 Å². The van der Waals surface area contributed by atoms with E-state index in [1.165, 1.54) is 18.2 Å². The quantitative estimate of drug-likeness (QED) is 0.772. The van der Waals surface area contributed by atoms with Crippen molar-refractivity contribution in [1.82, 2.24) is 9.88 Å². The third kappa shape index (κ3) is 3.06. The summed E-state index contributed by atoms with van der Waals surface area (Å²) in [5, 5.41) is 0.748. The summed E-state index contributed by atoms with van der Waals surface area (Å²) < 4.78 is 13.1. The first kappa shape index (κ1) is 16.3. The molecular weight excluding hydrogens is 333 g/mol. The lowest BCUT2D eigenvalue weighted by atomic mass is 10.1. The minimum atomic E-state index is -0.281. The van der Waals surface area contributed by atoms with Crippen molar-refractivity contribution >= 4 is 22.5 Å². The number of nitrogens with zero attached hydrogens (tertiary/aromatic N) is 2. The van der Waals surface area contributed by atoms with E-state index >= 15 is 0 Å². The van der Waals surface area contributed by atoms with Crippen LogP contribution in [0.4, 0.5) is 10.1 Å². The summed E-state index contributed by atoms with van der Waals surface area (Å²) >= 11 is 0. The van der Waals surface area contributed by atoms with Crippen LogP contribution >= 0.6 is 0 Å². The molecule has 1 aromatic heterocycles. The van der Waals surface area contributed by atoms with Crippen LogP contribution in [0.5, 0.6) is 0 Å². The molecule has 1 amide bonds. The van der Waals surface area contributed by atoms with E-state index < -0.39 is 0 Å². The van der Waals surface area contributed by atoms with Crippen molar-refractivity contribution in [2.45, 2.75) is 0 Å². The number of nitrogens with one attached hydrogen (secondary N) is 1. The molecule has 1 aliphatic heterocycles. The Kier molecular flexibility index (Phi) is 4.16. The van der Waals surface area contributed by atoms with Crippen LogP contribution in [0, 0.1) is 5.82 Å². The van der Waals surface area contributed by atoms with Gasteiger partial charge in [-0.25, -0.2) is 4.39 Å². The predicted molar refractivity (Wildman–Crippen MR) is 99.1 cm³/mol. The first-order valence-corrected chi connectivity index (χ1v) is 8.54. The first-order valence-electron chi connectivity index (χ1n) is 8.54. The molecule has 132 valence electrons. The summed E-state index contributed by atoms with van der Waals surface area (Å²) in [4.78, 5) is 31.5. The van der Waals surface area contributed by atoms with E-state index in [-0.39, 0.29) is 17.3 Å². The van der Waals surface area contributed by atoms with Crippen molar-refractivity contribution in [3.63, 3.8) is 0 Å². The van der Waals surface area contributed by atoms with E-state index in [4.69, 9.17) is 0 Å². The van der Waals surface area contributed by atoms with E-state index in [1.807, 2.05) is 18.2 Å². The number of aromatic nitrogens is 1. The lowest BCUT2D eigenvalue weighted by molar-refractivity contribution is 0.0748. The van der Waals surface area contributed by atoms with Gasteiger partial charge < -0.3 is 14.8 Å². The van der Waals surface area contributed by atoms with Crippen molar-refractivity contribution in [3.05, 3.63) is 76.3 Å². The van der Waals surface area contributed by atoms with E-state index in [0.717, 1.165) is 11.1 Å². The number of rotatable bonds is 2. The number of amides is 1. The highest BCUT2D eigenvalue weighted by molar-refractivity contribution is 6.06. The maximum absolute atomic E-state index is 13.1. The van der Waals surface area contributed by atoms with Crippen LogP contribution in [0.1, 0.15) is 10.4 Å². The van der Waals surface area contributed by atoms with Gasteiger partial charge in [-0.2, -0.15) is 0 Å². The maximum atomic E-state index is 13.1. The second kappa shape index (κ2) is 6.63. The Morgan fingerprint density at radius 3 is 2.38 bits per heavy atom. The zero-order valence-electron chi connectivity index (χ0n) is 14.1. The lowest BCUT2D eigenvalue weighted by Gasteiger charge is -2.36. The minimum Gasteiger partial charge on any atom is -0.368 e. The van der Waals surface area contributed by atoms with Gasteiger partial charge in [0.25, 0.3) is 5.91 Å². The standard InChI is InChI=1S/C20H18FN3O2/c21-14-5-7-15(8-6-14)23-9-11-24(12-10-23)20(26)17-13-19(25)22-18-4-2-1-3-16(17)18/h1-8,13H,9-12H2,(H,22,25). The highest BCUT2D eigenvalue weighted by Crippen LogP contribution is 2.20. The van der Waals surface area contributed by atoms with Crippen LogP contribution in [-0.4, -0.2) is 42.0 Å². The summed E-state index contributed by atoms with van der Waals surface area (Å²) in [5.41, 5.74) is 1.75. The van der Waals surface area contributed by atoms with E-state index in [0.29, 0.717) is 37.3 Å². The minimum absolute atomic E-state index is 0.133. The van der Waals surface area contributed by atoms with Gasteiger partial charge in [-0.3, -0.25) is 9.59 Å². The van der Waals surface area contributed by atoms with E-state index in [2.05, 4.69) is 9.88 Å². The molecule has 0 aliphatic carbocycles. The number of hydrogen-bond acceptors (Lipinski definition) is 3. The van der Waals surface area contributed by atoms with Crippen molar-refractivity contribution in [2.75, 3.05) is 31.1 Å². The number of hydrogen-bond donors (Lipinski definition) is 1. The second-order valence-electron chi connectivity index (χ2n) is 6.35. The molecule has 1 fully saturated rings. The summed E-state index contributed by atoms with van der Waals surface area (Å²) in [6, 6.07) is 15.1. The summed E-state index contributed by atoms with van der Waals surface area (Å²) in [5.74, 6) is -0.394. The number of H-pyrrole nitrogens is 1.